The highest BCUT2D eigenvalue weighted by atomic mass is 32.1. The number of likely N-dealkylation sites (tertiary alicyclic amines) is 1. The van der Waals surface area contributed by atoms with E-state index < -0.39 is 0 Å². The van der Waals surface area contributed by atoms with Gasteiger partial charge in [-0.1, -0.05) is 19.9 Å². The second kappa shape index (κ2) is 9.18. The lowest BCUT2D eigenvalue weighted by atomic mass is 10.00. The number of rotatable bonds is 7. The van der Waals surface area contributed by atoms with Crippen LogP contribution in [0.5, 0.6) is 0 Å². The van der Waals surface area contributed by atoms with Crippen LogP contribution in [0.4, 0.5) is 0 Å². The predicted molar refractivity (Wildman–Crippen MR) is 96.3 cm³/mol. The number of methoxy groups -OCH3 is 1. The Morgan fingerprint density at radius 1 is 1.42 bits per heavy atom. The van der Waals surface area contributed by atoms with E-state index in [-0.39, 0.29) is 17.9 Å². The Morgan fingerprint density at radius 2 is 2.21 bits per heavy atom. The molecule has 0 spiro atoms. The number of carbonyl (C=O) groups excluding carboxylic acids is 2. The van der Waals surface area contributed by atoms with Crippen molar-refractivity contribution in [3.05, 3.63) is 22.4 Å². The Labute approximate surface area is 148 Å². The van der Waals surface area contributed by atoms with Crippen LogP contribution in [0.1, 0.15) is 42.8 Å². The zero-order valence-corrected chi connectivity index (χ0v) is 15.7. The van der Waals surface area contributed by atoms with E-state index in [0.717, 1.165) is 19.3 Å². The van der Waals surface area contributed by atoms with Gasteiger partial charge < -0.3 is 14.5 Å². The molecule has 0 aliphatic carbocycles. The van der Waals surface area contributed by atoms with Crippen molar-refractivity contribution >= 4 is 23.2 Å². The van der Waals surface area contributed by atoms with E-state index in [2.05, 4.69) is 13.8 Å². The SMILES string of the molecule is COCCN(CC(C)C)C(=O)C1CCCCN1C(=O)c1cccs1. The molecule has 1 fully saturated rings. The van der Waals surface area contributed by atoms with Gasteiger partial charge in [0.2, 0.25) is 5.91 Å². The van der Waals surface area contributed by atoms with Gasteiger partial charge in [-0.05, 0) is 36.6 Å². The van der Waals surface area contributed by atoms with E-state index in [4.69, 9.17) is 4.74 Å². The lowest BCUT2D eigenvalue weighted by Gasteiger charge is -2.38. The standard InChI is InChI=1S/C18H28N2O3S/c1-14(2)13-19(10-11-23-3)17(21)15-7-4-5-9-20(15)18(22)16-8-6-12-24-16/h6,8,12,14-15H,4-5,7,9-11,13H2,1-3H3. The Morgan fingerprint density at radius 3 is 2.83 bits per heavy atom. The van der Waals surface area contributed by atoms with Crippen LogP contribution in [-0.2, 0) is 9.53 Å². The van der Waals surface area contributed by atoms with Crippen molar-refractivity contribution in [3.63, 3.8) is 0 Å². The summed E-state index contributed by atoms with van der Waals surface area (Å²) in [7, 11) is 1.64. The summed E-state index contributed by atoms with van der Waals surface area (Å²) in [6.07, 6.45) is 2.70. The molecule has 1 aliphatic rings. The number of hydrogen-bond acceptors (Lipinski definition) is 4. The smallest absolute Gasteiger partial charge is 0.264 e. The van der Waals surface area contributed by atoms with Crippen molar-refractivity contribution in [2.45, 2.75) is 39.2 Å². The Balaban J connectivity index is 2.14. The molecule has 0 saturated carbocycles. The highest BCUT2D eigenvalue weighted by Crippen LogP contribution is 2.23. The third kappa shape index (κ3) is 4.80. The number of ether oxygens (including phenoxy) is 1. The summed E-state index contributed by atoms with van der Waals surface area (Å²) >= 11 is 1.44. The zero-order chi connectivity index (χ0) is 17.5. The van der Waals surface area contributed by atoms with E-state index in [1.165, 1.54) is 11.3 Å². The molecule has 5 nitrogen and oxygen atoms in total. The average molecular weight is 352 g/mol. The molecule has 1 aromatic heterocycles. The van der Waals surface area contributed by atoms with Gasteiger partial charge in [-0.25, -0.2) is 0 Å². The number of piperidine rings is 1. The molecule has 1 aliphatic heterocycles. The Hall–Kier alpha value is -1.40. The first kappa shape index (κ1) is 18.9. The molecule has 0 aromatic carbocycles. The van der Waals surface area contributed by atoms with E-state index >= 15 is 0 Å². The molecule has 1 unspecified atom stereocenters. The van der Waals surface area contributed by atoms with E-state index in [9.17, 15) is 9.59 Å². The largest absolute Gasteiger partial charge is 0.383 e. The molecule has 0 bridgehead atoms. The molecule has 2 heterocycles. The second-order valence-electron chi connectivity index (χ2n) is 6.66. The normalized spacial score (nSPS) is 18.0. The maximum atomic E-state index is 13.1. The molecule has 6 heteroatoms. The van der Waals surface area contributed by atoms with Gasteiger partial charge in [-0.15, -0.1) is 11.3 Å². The maximum absolute atomic E-state index is 13.1. The van der Waals surface area contributed by atoms with Crippen molar-refractivity contribution < 1.29 is 14.3 Å². The zero-order valence-electron chi connectivity index (χ0n) is 14.9. The van der Waals surface area contributed by atoms with Gasteiger partial charge in [0.25, 0.3) is 5.91 Å². The number of carbonyl (C=O) groups is 2. The summed E-state index contributed by atoms with van der Waals surface area (Å²) in [5.41, 5.74) is 0. The summed E-state index contributed by atoms with van der Waals surface area (Å²) < 4.78 is 5.15. The van der Waals surface area contributed by atoms with Gasteiger partial charge in [0.1, 0.15) is 6.04 Å². The first-order valence-electron chi connectivity index (χ1n) is 8.66. The van der Waals surface area contributed by atoms with Crippen LogP contribution in [0.2, 0.25) is 0 Å². The lowest BCUT2D eigenvalue weighted by molar-refractivity contribution is -0.138. The Kier molecular flexibility index (Phi) is 7.24. The van der Waals surface area contributed by atoms with Crippen LogP contribution in [0.3, 0.4) is 0 Å². The minimum atomic E-state index is -0.344. The van der Waals surface area contributed by atoms with Crippen molar-refractivity contribution in [3.8, 4) is 0 Å². The van der Waals surface area contributed by atoms with Gasteiger partial charge in [0.05, 0.1) is 11.5 Å². The first-order chi connectivity index (χ1) is 11.5. The van der Waals surface area contributed by atoms with Crippen molar-refractivity contribution in [1.82, 2.24) is 9.80 Å². The van der Waals surface area contributed by atoms with Crippen LogP contribution in [0, 0.1) is 5.92 Å². The molecule has 0 N–H and O–H groups in total. The van der Waals surface area contributed by atoms with Crippen LogP contribution in [0.25, 0.3) is 0 Å². The van der Waals surface area contributed by atoms with E-state index in [1.807, 2.05) is 22.4 Å². The Bertz CT molecular complexity index is 530. The van der Waals surface area contributed by atoms with Crippen molar-refractivity contribution in [2.75, 3.05) is 33.4 Å². The first-order valence-corrected chi connectivity index (χ1v) is 9.54. The van der Waals surface area contributed by atoms with Gasteiger partial charge in [0.15, 0.2) is 0 Å². The minimum Gasteiger partial charge on any atom is -0.383 e. The van der Waals surface area contributed by atoms with Crippen molar-refractivity contribution in [2.24, 2.45) is 5.92 Å². The molecular weight excluding hydrogens is 324 g/mol. The molecule has 1 atom stereocenters. The van der Waals surface area contributed by atoms with Crippen LogP contribution in [0.15, 0.2) is 17.5 Å². The fraction of sp³-hybridized carbons (Fsp3) is 0.667. The number of hydrogen-bond donors (Lipinski definition) is 0. The number of amides is 2. The summed E-state index contributed by atoms with van der Waals surface area (Å²) in [6.45, 7) is 6.65. The lowest BCUT2D eigenvalue weighted by Crippen LogP contribution is -2.54. The van der Waals surface area contributed by atoms with E-state index in [1.54, 1.807) is 12.0 Å². The topological polar surface area (TPSA) is 49.9 Å². The molecule has 2 amide bonds. The number of nitrogens with zero attached hydrogens (tertiary/aromatic N) is 2. The maximum Gasteiger partial charge on any atom is 0.264 e. The average Bonchev–Trinajstić information content (AvgIpc) is 3.11. The fourth-order valence-corrected chi connectivity index (χ4v) is 3.80. The molecule has 134 valence electrons. The van der Waals surface area contributed by atoms with Crippen LogP contribution in [-0.4, -0.2) is 61.0 Å². The summed E-state index contributed by atoms with van der Waals surface area (Å²) in [6, 6.07) is 3.37. The quantitative estimate of drug-likeness (QED) is 0.758. The molecular formula is C18H28N2O3S. The van der Waals surface area contributed by atoms with Gasteiger partial charge in [-0.2, -0.15) is 0 Å². The molecule has 2 rings (SSSR count). The minimum absolute atomic E-state index is 0.0145. The van der Waals surface area contributed by atoms with Crippen LogP contribution < -0.4 is 0 Å². The van der Waals surface area contributed by atoms with Gasteiger partial charge in [-0.3, -0.25) is 9.59 Å². The predicted octanol–water partition coefficient (Wildman–Crippen LogP) is 2.87. The molecule has 0 radical (unpaired) electrons. The van der Waals surface area contributed by atoms with E-state index in [0.29, 0.717) is 37.0 Å². The molecule has 1 saturated heterocycles. The summed E-state index contributed by atoms with van der Waals surface area (Å²) in [5, 5.41) is 1.90. The monoisotopic (exact) mass is 352 g/mol. The highest BCUT2D eigenvalue weighted by Gasteiger charge is 2.35. The third-order valence-corrected chi connectivity index (χ3v) is 5.10. The second-order valence-corrected chi connectivity index (χ2v) is 7.61. The fourth-order valence-electron chi connectivity index (χ4n) is 3.12. The number of thiophene rings is 1. The van der Waals surface area contributed by atoms with Crippen molar-refractivity contribution in [1.29, 1.82) is 0 Å². The summed E-state index contributed by atoms with van der Waals surface area (Å²) in [5.74, 6) is 0.431. The summed E-state index contributed by atoms with van der Waals surface area (Å²) in [4.78, 5) is 30.2. The molecule has 24 heavy (non-hydrogen) atoms. The molecule has 1 aromatic rings. The van der Waals surface area contributed by atoms with Gasteiger partial charge in [0, 0.05) is 26.7 Å². The highest BCUT2D eigenvalue weighted by molar-refractivity contribution is 7.12. The third-order valence-electron chi connectivity index (χ3n) is 4.24. The van der Waals surface area contributed by atoms with Crippen LogP contribution >= 0.6 is 11.3 Å². The van der Waals surface area contributed by atoms with Gasteiger partial charge >= 0.3 is 0 Å².